The molecule has 1 heterocycles. The molecule has 0 aromatic carbocycles. The summed E-state index contributed by atoms with van der Waals surface area (Å²) in [5.74, 6) is 0. The van der Waals surface area contributed by atoms with E-state index in [4.69, 9.17) is 0 Å². The summed E-state index contributed by atoms with van der Waals surface area (Å²) in [4.78, 5) is 0. The van der Waals surface area contributed by atoms with Crippen LogP contribution < -0.4 is 0 Å². The van der Waals surface area contributed by atoms with Gasteiger partial charge >= 0.3 is 0 Å². The summed E-state index contributed by atoms with van der Waals surface area (Å²) in [5.41, 5.74) is 0. The van der Waals surface area contributed by atoms with Crippen molar-refractivity contribution in [3.05, 3.63) is 0 Å². The highest BCUT2D eigenvalue weighted by molar-refractivity contribution is 14.1. The third kappa shape index (κ3) is 1.28. The minimum Gasteiger partial charge on any atom is -0.332 e. The van der Waals surface area contributed by atoms with Crippen LogP contribution in [0.5, 0.6) is 0 Å². The molecule has 48 valence electrons. The standard InChI is InChI=1S/C4H5F2IO/c5-2-1-3(7)8-4(2)6/h2-4H,1H2. The molecule has 1 aliphatic heterocycles. The molecule has 0 aromatic heterocycles. The summed E-state index contributed by atoms with van der Waals surface area (Å²) in [6.45, 7) is 0. The lowest BCUT2D eigenvalue weighted by molar-refractivity contribution is -0.0280. The molecule has 0 amide bonds. The molecule has 8 heavy (non-hydrogen) atoms. The molecule has 3 unspecified atom stereocenters. The molecule has 0 saturated carbocycles. The molecule has 1 fully saturated rings. The van der Waals surface area contributed by atoms with Crippen molar-refractivity contribution in [3.8, 4) is 0 Å². The lowest BCUT2D eigenvalue weighted by Gasteiger charge is -1.97. The minimum absolute atomic E-state index is 0.182. The Hall–Kier alpha value is 0.550. The first-order chi connectivity index (χ1) is 3.70. The van der Waals surface area contributed by atoms with Crippen LogP contribution in [-0.2, 0) is 4.74 Å². The molecule has 0 spiro atoms. The predicted molar refractivity (Wildman–Crippen MR) is 33.3 cm³/mol. The van der Waals surface area contributed by atoms with Crippen molar-refractivity contribution in [1.29, 1.82) is 0 Å². The zero-order valence-electron chi connectivity index (χ0n) is 3.98. The first-order valence-electron chi connectivity index (χ1n) is 2.28. The largest absolute Gasteiger partial charge is 0.332 e. The molecular weight excluding hydrogens is 229 g/mol. The number of hydrogen-bond acceptors (Lipinski definition) is 1. The van der Waals surface area contributed by atoms with Crippen LogP contribution in [0.4, 0.5) is 8.78 Å². The van der Waals surface area contributed by atoms with Crippen molar-refractivity contribution in [1.82, 2.24) is 0 Å². The van der Waals surface area contributed by atoms with E-state index in [1.165, 1.54) is 0 Å². The second-order valence-corrected chi connectivity index (χ2v) is 3.04. The van der Waals surface area contributed by atoms with Gasteiger partial charge in [-0.1, -0.05) is 22.6 Å². The summed E-state index contributed by atoms with van der Waals surface area (Å²) in [5, 5.41) is 0. The molecular formula is C4H5F2IO. The van der Waals surface area contributed by atoms with Gasteiger partial charge in [0.2, 0.25) is 6.36 Å². The van der Waals surface area contributed by atoms with E-state index in [1.807, 2.05) is 22.6 Å². The second-order valence-electron chi connectivity index (χ2n) is 1.65. The maximum absolute atomic E-state index is 12.1. The molecule has 1 nitrogen and oxygen atoms in total. The van der Waals surface area contributed by atoms with Crippen LogP contribution >= 0.6 is 22.6 Å². The Morgan fingerprint density at radius 2 is 2.12 bits per heavy atom. The normalized spacial score (nSPS) is 47.6. The topological polar surface area (TPSA) is 9.23 Å². The Morgan fingerprint density at radius 1 is 1.50 bits per heavy atom. The van der Waals surface area contributed by atoms with E-state index in [2.05, 4.69) is 4.74 Å². The highest BCUT2D eigenvalue weighted by Gasteiger charge is 2.33. The van der Waals surface area contributed by atoms with Crippen LogP contribution in [-0.4, -0.2) is 16.6 Å². The van der Waals surface area contributed by atoms with Crippen LogP contribution in [0.15, 0.2) is 0 Å². The second kappa shape index (κ2) is 2.43. The fourth-order valence-electron chi connectivity index (χ4n) is 0.566. The van der Waals surface area contributed by atoms with Crippen LogP contribution in [0.1, 0.15) is 6.42 Å². The number of rotatable bonds is 0. The van der Waals surface area contributed by atoms with Crippen LogP contribution in [0.25, 0.3) is 0 Å². The Bertz CT molecular complexity index is 80.1. The Balaban J connectivity index is 2.39. The maximum atomic E-state index is 12.1. The summed E-state index contributed by atoms with van der Waals surface area (Å²) < 4.78 is 28.2. The molecule has 1 rings (SSSR count). The molecule has 3 atom stereocenters. The van der Waals surface area contributed by atoms with Gasteiger partial charge in [0.1, 0.15) is 4.11 Å². The Morgan fingerprint density at radius 3 is 2.25 bits per heavy atom. The Kier molecular flexibility index (Phi) is 2.02. The highest BCUT2D eigenvalue weighted by atomic mass is 127. The Labute approximate surface area is 59.5 Å². The van der Waals surface area contributed by atoms with Gasteiger partial charge in [-0.3, -0.25) is 0 Å². The number of alkyl halides is 3. The molecule has 1 aliphatic rings. The van der Waals surface area contributed by atoms with E-state index >= 15 is 0 Å². The zero-order valence-corrected chi connectivity index (χ0v) is 6.14. The average molecular weight is 234 g/mol. The molecule has 0 aliphatic carbocycles. The molecule has 0 N–H and O–H groups in total. The first kappa shape index (κ1) is 6.67. The smallest absolute Gasteiger partial charge is 0.231 e. The molecule has 0 radical (unpaired) electrons. The van der Waals surface area contributed by atoms with E-state index in [0.717, 1.165) is 0 Å². The summed E-state index contributed by atoms with van der Waals surface area (Å²) in [6, 6.07) is 0. The van der Waals surface area contributed by atoms with Crippen molar-refractivity contribution in [2.24, 2.45) is 0 Å². The van der Waals surface area contributed by atoms with Gasteiger partial charge in [-0.15, -0.1) is 0 Å². The monoisotopic (exact) mass is 234 g/mol. The van der Waals surface area contributed by atoms with Crippen molar-refractivity contribution in [3.63, 3.8) is 0 Å². The van der Waals surface area contributed by atoms with Gasteiger partial charge in [0.25, 0.3) is 0 Å². The van der Waals surface area contributed by atoms with Gasteiger partial charge in [-0.05, 0) is 0 Å². The number of halogens is 3. The fourth-order valence-corrected chi connectivity index (χ4v) is 1.33. The molecule has 4 heteroatoms. The van der Waals surface area contributed by atoms with Gasteiger partial charge in [-0.25, -0.2) is 8.78 Å². The third-order valence-corrected chi connectivity index (χ3v) is 1.77. The van der Waals surface area contributed by atoms with Crippen LogP contribution in [0, 0.1) is 0 Å². The third-order valence-electron chi connectivity index (χ3n) is 0.973. The van der Waals surface area contributed by atoms with E-state index < -0.39 is 12.5 Å². The SMILES string of the molecule is FC1CC(I)OC1F. The van der Waals surface area contributed by atoms with Gasteiger partial charge in [0.15, 0.2) is 6.17 Å². The van der Waals surface area contributed by atoms with Crippen LogP contribution in [0.2, 0.25) is 0 Å². The summed E-state index contributed by atoms with van der Waals surface area (Å²) in [7, 11) is 0. The zero-order chi connectivity index (χ0) is 6.15. The van der Waals surface area contributed by atoms with Gasteiger partial charge in [-0.2, -0.15) is 0 Å². The van der Waals surface area contributed by atoms with E-state index in [0.29, 0.717) is 0 Å². The van der Waals surface area contributed by atoms with E-state index in [1.54, 1.807) is 0 Å². The summed E-state index contributed by atoms with van der Waals surface area (Å²) in [6.07, 6.45) is -2.91. The molecule has 1 saturated heterocycles. The highest BCUT2D eigenvalue weighted by Crippen LogP contribution is 2.27. The fraction of sp³-hybridized carbons (Fsp3) is 1.00. The predicted octanol–water partition coefficient (Wildman–Crippen LogP) is 1.80. The molecule has 0 bridgehead atoms. The van der Waals surface area contributed by atoms with Crippen molar-refractivity contribution >= 4 is 22.6 Å². The lowest BCUT2D eigenvalue weighted by atomic mass is 10.3. The average Bonchev–Trinajstić information content (AvgIpc) is 1.85. The van der Waals surface area contributed by atoms with Gasteiger partial charge in [0.05, 0.1) is 0 Å². The van der Waals surface area contributed by atoms with Crippen molar-refractivity contribution < 1.29 is 13.5 Å². The lowest BCUT2D eigenvalue weighted by Crippen LogP contribution is -2.08. The van der Waals surface area contributed by atoms with Gasteiger partial charge in [0, 0.05) is 6.42 Å². The van der Waals surface area contributed by atoms with E-state index in [-0.39, 0.29) is 10.5 Å². The number of ether oxygens (including phenoxy) is 1. The van der Waals surface area contributed by atoms with Crippen LogP contribution in [0.3, 0.4) is 0 Å². The van der Waals surface area contributed by atoms with E-state index in [9.17, 15) is 8.78 Å². The quantitative estimate of drug-likeness (QED) is 0.458. The maximum Gasteiger partial charge on any atom is 0.231 e. The first-order valence-corrected chi connectivity index (χ1v) is 3.52. The minimum atomic E-state index is -1.68. The van der Waals surface area contributed by atoms with Crippen molar-refractivity contribution in [2.45, 2.75) is 23.1 Å². The molecule has 0 aromatic rings. The summed E-state index contributed by atoms with van der Waals surface area (Å²) >= 11 is 1.86. The number of hydrogen-bond donors (Lipinski definition) is 0. The van der Waals surface area contributed by atoms with Crippen molar-refractivity contribution in [2.75, 3.05) is 0 Å². The van der Waals surface area contributed by atoms with Gasteiger partial charge < -0.3 is 4.74 Å².